The van der Waals surface area contributed by atoms with Crippen molar-refractivity contribution in [3.05, 3.63) is 125 Å². The molecule has 0 bridgehead atoms. The molecule has 46 heavy (non-hydrogen) atoms. The topological polar surface area (TPSA) is 90.0 Å². The van der Waals surface area contributed by atoms with Crippen LogP contribution in [0.15, 0.2) is 112 Å². The molecule has 1 amide bonds. The number of imidazole rings is 1. The van der Waals surface area contributed by atoms with Crippen LogP contribution in [0, 0.1) is 6.92 Å². The van der Waals surface area contributed by atoms with Crippen molar-refractivity contribution in [3.8, 4) is 22.6 Å². The van der Waals surface area contributed by atoms with Crippen LogP contribution in [0.25, 0.3) is 55.6 Å². The van der Waals surface area contributed by atoms with E-state index in [2.05, 4.69) is 52.3 Å². The van der Waals surface area contributed by atoms with E-state index in [4.69, 9.17) is 14.4 Å². The molecule has 1 aliphatic carbocycles. The fourth-order valence-corrected chi connectivity index (χ4v) is 6.79. The average Bonchev–Trinajstić information content (AvgIpc) is 3.47. The van der Waals surface area contributed by atoms with Gasteiger partial charge in [0, 0.05) is 51.3 Å². The Morgan fingerprint density at radius 2 is 1.65 bits per heavy atom. The first-order chi connectivity index (χ1) is 22.5. The molecule has 3 aromatic heterocycles. The fraction of sp³-hybridized carbons (Fsp3) is 0.179. The van der Waals surface area contributed by atoms with Gasteiger partial charge in [-0.25, -0.2) is 14.8 Å². The lowest BCUT2D eigenvalue weighted by Gasteiger charge is -2.25. The number of amides is 1. The standard InChI is InChI=1S/C39H32N4O3/c1-24-20-37(44)46-36-23-29(15-16-31(24)36)40-39(45)28-14-19-35-34(22-28)42-38(43(35)30-10-6-3-7-11-30)27-13-18-33-26(21-27)12-17-32(41-33)25-8-4-2-5-9-25/h2,4-5,8-9,12-23,30H,3,6-7,10-11H2,1H3,(H,40,45). The fourth-order valence-electron chi connectivity index (χ4n) is 6.79. The normalized spacial score (nSPS) is 13.8. The molecular formula is C39H32N4O3. The number of pyridine rings is 1. The highest BCUT2D eigenvalue weighted by Crippen LogP contribution is 2.37. The van der Waals surface area contributed by atoms with Gasteiger partial charge < -0.3 is 14.3 Å². The van der Waals surface area contributed by atoms with Gasteiger partial charge >= 0.3 is 5.63 Å². The Morgan fingerprint density at radius 1 is 0.804 bits per heavy atom. The van der Waals surface area contributed by atoms with Crippen LogP contribution in [-0.4, -0.2) is 20.4 Å². The van der Waals surface area contributed by atoms with Gasteiger partial charge in [0.15, 0.2) is 0 Å². The lowest BCUT2D eigenvalue weighted by molar-refractivity contribution is 0.102. The van der Waals surface area contributed by atoms with Crippen LogP contribution < -0.4 is 10.9 Å². The average molecular weight is 605 g/mol. The summed E-state index contributed by atoms with van der Waals surface area (Å²) in [6.07, 6.45) is 5.85. The minimum atomic E-state index is -0.414. The highest BCUT2D eigenvalue weighted by Gasteiger charge is 2.23. The number of anilines is 1. The summed E-state index contributed by atoms with van der Waals surface area (Å²) in [7, 11) is 0. The Bertz CT molecular complexity index is 2330. The van der Waals surface area contributed by atoms with Crippen LogP contribution in [0.3, 0.4) is 0 Å². The number of fused-ring (bicyclic) bond motifs is 3. The summed E-state index contributed by atoms with van der Waals surface area (Å²) in [6.45, 7) is 1.87. The van der Waals surface area contributed by atoms with Crippen LogP contribution >= 0.6 is 0 Å². The molecule has 7 aromatic rings. The van der Waals surface area contributed by atoms with Crippen molar-refractivity contribution in [3.63, 3.8) is 0 Å². The monoisotopic (exact) mass is 604 g/mol. The molecular weight excluding hydrogens is 572 g/mol. The summed E-state index contributed by atoms with van der Waals surface area (Å²) >= 11 is 0. The molecule has 0 atom stereocenters. The SMILES string of the molecule is Cc1cc(=O)oc2cc(NC(=O)c3ccc4c(c3)nc(-c3ccc5nc(-c6ccccc6)ccc5c3)n4C3CCCCC3)ccc12. The van der Waals surface area contributed by atoms with E-state index in [0.717, 1.165) is 68.4 Å². The minimum Gasteiger partial charge on any atom is -0.423 e. The number of aryl methyl sites for hydroxylation is 1. The summed E-state index contributed by atoms with van der Waals surface area (Å²) in [4.78, 5) is 35.4. The smallest absolute Gasteiger partial charge is 0.336 e. The lowest BCUT2D eigenvalue weighted by atomic mass is 9.94. The molecule has 7 heteroatoms. The van der Waals surface area contributed by atoms with E-state index in [1.807, 2.05) is 55.5 Å². The number of nitrogens with zero attached hydrogens (tertiary/aromatic N) is 3. The van der Waals surface area contributed by atoms with Crippen molar-refractivity contribution in [2.45, 2.75) is 45.1 Å². The zero-order chi connectivity index (χ0) is 31.2. The quantitative estimate of drug-likeness (QED) is 0.198. The third-order valence-electron chi connectivity index (χ3n) is 9.12. The van der Waals surface area contributed by atoms with Gasteiger partial charge in [0.25, 0.3) is 5.91 Å². The Labute approximate surface area is 265 Å². The maximum atomic E-state index is 13.4. The number of hydrogen-bond donors (Lipinski definition) is 1. The predicted octanol–water partition coefficient (Wildman–Crippen LogP) is 9.09. The van der Waals surface area contributed by atoms with Gasteiger partial charge in [-0.15, -0.1) is 0 Å². The second-order valence-electron chi connectivity index (χ2n) is 12.2. The predicted molar refractivity (Wildman–Crippen MR) is 183 cm³/mol. The van der Waals surface area contributed by atoms with Gasteiger partial charge in [-0.3, -0.25) is 4.79 Å². The van der Waals surface area contributed by atoms with Crippen molar-refractivity contribution in [1.82, 2.24) is 14.5 Å². The number of hydrogen-bond acceptors (Lipinski definition) is 5. The van der Waals surface area contributed by atoms with E-state index in [1.165, 1.54) is 25.3 Å². The molecule has 8 rings (SSSR count). The molecule has 1 N–H and O–H groups in total. The molecule has 1 aliphatic rings. The van der Waals surface area contributed by atoms with Gasteiger partial charge in [0.05, 0.1) is 22.2 Å². The molecule has 4 aromatic carbocycles. The second-order valence-corrected chi connectivity index (χ2v) is 12.2. The van der Waals surface area contributed by atoms with Gasteiger partial charge in [0.1, 0.15) is 11.4 Å². The van der Waals surface area contributed by atoms with E-state index in [9.17, 15) is 9.59 Å². The number of benzene rings is 4. The first-order valence-electron chi connectivity index (χ1n) is 15.8. The summed E-state index contributed by atoms with van der Waals surface area (Å²) in [5, 5.41) is 4.85. The van der Waals surface area contributed by atoms with Crippen LogP contribution in [-0.2, 0) is 0 Å². The van der Waals surface area contributed by atoms with Gasteiger partial charge in [-0.2, -0.15) is 0 Å². The summed E-state index contributed by atoms with van der Waals surface area (Å²) in [6, 6.07) is 33.7. The molecule has 226 valence electrons. The number of carbonyl (C=O) groups is 1. The van der Waals surface area contributed by atoms with Gasteiger partial charge in [0.2, 0.25) is 0 Å². The van der Waals surface area contributed by atoms with E-state index < -0.39 is 5.63 Å². The second kappa shape index (κ2) is 11.4. The highest BCUT2D eigenvalue weighted by molar-refractivity contribution is 6.07. The number of aromatic nitrogens is 3. The van der Waals surface area contributed by atoms with Crippen molar-refractivity contribution in [1.29, 1.82) is 0 Å². The van der Waals surface area contributed by atoms with Crippen LogP contribution in [0.1, 0.15) is 54.1 Å². The molecule has 1 fully saturated rings. The van der Waals surface area contributed by atoms with Gasteiger partial charge in [-0.05, 0) is 79.9 Å². The Kier molecular flexibility index (Phi) is 6.94. The largest absolute Gasteiger partial charge is 0.423 e. The first kappa shape index (κ1) is 28.0. The van der Waals surface area contributed by atoms with E-state index in [1.54, 1.807) is 6.07 Å². The number of carbonyl (C=O) groups excluding carboxylic acids is 1. The Hall–Kier alpha value is -5.56. The lowest BCUT2D eigenvalue weighted by Crippen LogP contribution is -2.14. The molecule has 0 unspecified atom stereocenters. The van der Waals surface area contributed by atoms with Crippen molar-refractivity contribution < 1.29 is 9.21 Å². The van der Waals surface area contributed by atoms with Gasteiger partial charge in [-0.1, -0.05) is 55.7 Å². The first-order valence-corrected chi connectivity index (χ1v) is 15.8. The molecule has 7 nitrogen and oxygen atoms in total. The summed E-state index contributed by atoms with van der Waals surface area (Å²) < 4.78 is 7.76. The van der Waals surface area contributed by atoms with Crippen molar-refractivity contribution in [2.24, 2.45) is 0 Å². The number of nitrogens with one attached hydrogen (secondary N) is 1. The maximum absolute atomic E-state index is 13.4. The van der Waals surface area contributed by atoms with E-state index >= 15 is 0 Å². The van der Waals surface area contributed by atoms with E-state index in [-0.39, 0.29) is 5.91 Å². The molecule has 0 saturated heterocycles. The summed E-state index contributed by atoms with van der Waals surface area (Å²) in [5.41, 5.74) is 7.74. The minimum absolute atomic E-state index is 0.254. The maximum Gasteiger partial charge on any atom is 0.336 e. The number of rotatable bonds is 5. The van der Waals surface area contributed by atoms with Crippen LogP contribution in [0.2, 0.25) is 0 Å². The third kappa shape index (κ3) is 5.13. The van der Waals surface area contributed by atoms with Crippen LogP contribution in [0.4, 0.5) is 5.69 Å². The zero-order valence-electron chi connectivity index (χ0n) is 25.5. The van der Waals surface area contributed by atoms with Crippen LogP contribution in [0.5, 0.6) is 0 Å². The summed E-state index contributed by atoms with van der Waals surface area (Å²) in [5.74, 6) is 0.657. The molecule has 0 spiro atoms. The Balaban J connectivity index is 1.16. The highest BCUT2D eigenvalue weighted by atomic mass is 16.4. The van der Waals surface area contributed by atoms with E-state index in [0.29, 0.717) is 22.9 Å². The molecule has 1 saturated carbocycles. The third-order valence-corrected chi connectivity index (χ3v) is 9.12. The zero-order valence-corrected chi connectivity index (χ0v) is 25.5. The Morgan fingerprint density at radius 3 is 2.50 bits per heavy atom. The molecule has 0 aliphatic heterocycles. The molecule has 3 heterocycles. The van der Waals surface area contributed by atoms with Crippen molar-refractivity contribution >= 4 is 44.5 Å². The van der Waals surface area contributed by atoms with Crippen molar-refractivity contribution in [2.75, 3.05) is 5.32 Å². The molecule has 0 radical (unpaired) electrons.